The van der Waals surface area contributed by atoms with Gasteiger partial charge in [0.1, 0.15) is 6.04 Å². The van der Waals surface area contributed by atoms with Crippen LogP contribution in [0.1, 0.15) is 40.2 Å². The summed E-state index contributed by atoms with van der Waals surface area (Å²) in [6.45, 7) is 2.30. The van der Waals surface area contributed by atoms with E-state index < -0.39 is 12.0 Å². The van der Waals surface area contributed by atoms with E-state index in [1.54, 1.807) is 7.11 Å². The molecule has 1 fully saturated rings. The van der Waals surface area contributed by atoms with Gasteiger partial charge in [-0.05, 0) is 38.3 Å². The smallest absolute Gasteiger partial charge is 0.326 e. The molecule has 142 valence electrons. The molecule has 1 aromatic carbocycles. The van der Waals surface area contributed by atoms with Crippen molar-refractivity contribution < 1.29 is 19.4 Å². The van der Waals surface area contributed by atoms with E-state index in [-0.39, 0.29) is 18.6 Å². The van der Waals surface area contributed by atoms with Gasteiger partial charge in [-0.2, -0.15) is 5.10 Å². The van der Waals surface area contributed by atoms with Crippen molar-refractivity contribution in [3.63, 3.8) is 0 Å². The van der Waals surface area contributed by atoms with Crippen molar-refractivity contribution in [3.8, 4) is 5.69 Å². The Bertz CT molecular complexity index is 887. The number of benzene rings is 1. The van der Waals surface area contributed by atoms with Crippen LogP contribution in [0.5, 0.6) is 0 Å². The third-order valence-electron chi connectivity index (χ3n) is 5.55. The van der Waals surface area contributed by atoms with Crippen molar-refractivity contribution in [1.29, 1.82) is 0 Å². The van der Waals surface area contributed by atoms with Gasteiger partial charge in [-0.25, -0.2) is 9.48 Å². The lowest BCUT2D eigenvalue weighted by Gasteiger charge is -2.20. The number of rotatable bonds is 4. The molecule has 1 amide bonds. The summed E-state index contributed by atoms with van der Waals surface area (Å²) < 4.78 is 7.15. The number of ether oxygens (including phenoxy) is 1. The zero-order valence-corrected chi connectivity index (χ0v) is 15.5. The fourth-order valence-corrected chi connectivity index (χ4v) is 4.07. The molecule has 2 unspecified atom stereocenters. The maximum atomic E-state index is 13.2. The number of hydrogen-bond acceptors (Lipinski definition) is 4. The van der Waals surface area contributed by atoms with Crippen LogP contribution in [0.15, 0.2) is 24.3 Å². The zero-order chi connectivity index (χ0) is 19.1. The van der Waals surface area contributed by atoms with Crippen LogP contribution in [0.4, 0.5) is 0 Å². The second kappa shape index (κ2) is 6.81. The van der Waals surface area contributed by atoms with E-state index in [1.807, 2.05) is 35.9 Å². The Labute approximate surface area is 157 Å². The Hall–Kier alpha value is -2.67. The van der Waals surface area contributed by atoms with Gasteiger partial charge in [-0.3, -0.25) is 4.79 Å². The summed E-state index contributed by atoms with van der Waals surface area (Å²) in [5.41, 5.74) is 4.46. The second-order valence-electron chi connectivity index (χ2n) is 7.28. The number of aliphatic carboxylic acids is 1. The Morgan fingerprint density at radius 3 is 2.63 bits per heavy atom. The lowest BCUT2D eigenvalue weighted by molar-refractivity contribution is -0.141. The second-order valence-corrected chi connectivity index (χ2v) is 7.28. The zero-order valence-electron chi connectivity index (χ0n) is 15.5. The fourth-order valence-electron chi connectivity index (χ4n) is 4.07. The summed E-state index contributed by atoms with van der Waals surface area (Å²) in [7, 11) is 1.54. The van der Waals surface area contributed by atoms with Crippen molar-refractivity contribution in [2.75, 3.05) is 13.7 Å². The highest BCUT2D eigenvalue weighted by molar-refractivity contribution is 5.97. The highest BCUT2D eigenvalue weighted by Crippen LogP contribution is 2.30. The van der Waals surface area contributed by atoms with E-state index in [4.69, 9.17) is 4.74 Å². The predicted molar refractivity (Wildman–Crippen MR) is 98.2 cm³/mol. The highest BCUT2D eigenvalue weighted by Gasteiger charge is 2.42. The lowest BCUT2D eigenvalue weighted by Crippen LogP contribution is -2.41. The first kappa shape index (κ1) is 17.7. The number of hydrogen-bond donors (Lipinski definition) is 1. The summed E-state index contributed by atoms with van der Waals surface area (Å²) >= 11 is 0. The maximum Gasteiger partial charge on any atom is 0.326 e. The molecule has 1 aliphatic carbocycles. The molecule has 7 nitrogen and oxygen atoms in total. The molecule has 2 aromatic rings. The van der Waals surface area contributed by atoms with Crippen LogP contribution < -0.4 is 0 Å². The molecular weight excluding hydrogens is 346 g/mol. The number of amides is 1. The Kier molecular flexibility index (Phi) is 4.47. The van der Waals surface area contributed by atoms with Crippen LogP contribution in [0.3, 0.4) is 0 Å². The molecule has 1 aliphatic heterocycles. The van der Waals surface area contributed by atoms with Crippen molar-refractivity contribution >= 4 is 11.9 Å². The Morgan fingerprint density at radius 2 is 1.96 bits per heavy atom. The van der Waals surface area contributed by atoms with Gasteiger partial charge in [-0.1, -0.05) is 17.7 Å². The number of carbonyl (C=O) groups is 2. The lowest BCUT2D eigenvalue weighted by atomic mass is 10.1. The molecule has 0 bridgehead atoms. The standard InChI is InChI=1S/C20H23N3O4/c1-12-6-8-13(9-7-12)23-16-5-3-4-15(16)18(21-23)19(24)22-11-14(27-2)10-17(22)20(25)26/h6-9,14,17H,3-5,10-11H2,1-2H3,(H,25,26). The van der Waals surface area contributed by atoms with Crippen LogP contribution in [-0.2, 0) is 22.4 Å². The Balaban J connectivity index is 1.72. The van der Waals surface area contributed by atoms with Gasteiger partial charge < -0.3 is 14.7 Å². The largest absolute Gasteiger partial charge is 0.480 e. The monoisotopic (exact) mass is 369 g/mol. The summed E-state index contributed by atoms with van der Waals surface area (Å²) in [4.78, 5) is 26.2. The molecule has 27 heavy (non-hydrogen) atoms. The molecule has 1 N–H and O–H groups in total. The van der Waals surface area contributed by atoms with E-state index in [0.29, 0.717) is 12.1 Å². The summed E-state index contributed by atoms with van der Waals surface area (Å²) in [5, 5.41) is 14.1. The normalized spacial score (nSPS) is 21.5. The minimum Gasteiger partial charge on any atom is -0.480 e. The number of likely N-dealkylation sites (tertiary alicyclic amines) is 1. The fraction of sp³-hybridized carbons (Fsp3) is 0.450. The molecule has 2 aliphatic rings. The van der Waals surface area contributed by atoms with E-state index in [1.165, 1.54) is 4.90 Å². The average molecular weight is 369 g/mol. The molecule has 4 rings (SSSR count). The van der Waals surface area contributed by atoms with E-state index in [2.05, 4.69) is 5.10 Å². The molecule has 0 spiro atoms. The van der Waals surface area contributed by atoms with E-state index in [0.717, 1.165) is 41.8 Å². The van der Waals surface area contributed by atoms with Crippen LogP contribution in [0, 0.1) is 6.92 Å². The van der Waals surface area contributed by atoms with Gasteiger partial charge in [0.2, 0.25) is 0 Å². The van der Waals surface area contributed by atoms with Gasteiger partial charge in [0.25, 0.3) is 5.91 Å². The molecule has 2 heterocycles. The van der Waals surface area contributed by atoms with Crippen LogP contribution >= 0.6 is 0 Å². The van der Waals surface area contributed by atoms with Crippen LogP contribution in [-0.4, -0.2) is 57.5 Å². The number of aromatic nitrogens is 2. The summed E-state index contributed by atoms with van der Waals surface area (Å²) in [6.07, 6.45) is 2.68. The van der Waals surface area contributed by atoms with Crippen molar-refractivity contribution in [2.24, 2.45) is 0 Å². The van der Waals surface area contributed by atoms with Gasteiger partial charge in [-0.15, -0.1) is 0 Å². The first-order valence-corrected chi connectivity index (χ1v) is 9.24. The minimum atomic E-state index is -1.00. The first-order chi connectivity index (χ1) is 13.0. The number of fused-ring (bicyclic) bond motifs is 1. The van der Waals surface area contributed by atoms with E-state index >= 15 is 0 Å². The van der Waals surface area contributed by atoms with E-state index in [9.17, 15) is 14.7 Å². The molecule has 2 atom stereocenters. The van der Waals surface area contributed by atoms with Crippen LogP contribution in [0.25, 0.3) is 5.69 Å². The third-order valence-corrected chi connectivity index (χ3v) is 5.55. The topological polar surface area (TPSA) is 84.7 Å². The molecule has 0 saturated carbocycles. The number of methoxy groups -OCH3 is 1. The molecule has 1 aromatic heterocycles. The number of aryl methyl sites for hydroxylation is 1. The molecule has 0 radical (unpaired) electrons. The van der Waals surface area contributed by atoms with Crippen molar-refractivity contribution in [1.82, 2.24) is 14.7 Å². The number of nitrogens with zero attached hydrogens (tertiary/aromatic N) is 3. The summed E-state index contributed by atoms with van der Waals surface area (Å²) in [6, 6.07) is 7.15. The SMILES string of the molecule is COC1CC(C(=O)O)N(C(=O)c2nn(-c3ccc(C)cc3)c3c2CCC3)C1. The highest BCUT2D eigenvalue weighted by atomic mass is 16.5. The number of carboxylic acid groups (broad SMARTS) is 1. The maximum absolute atomic E-state index is 13.2. The number of carbonyl (C=O) groups excluding carboxylic acids is 1. The minimum absolute atomic E-state index is 0.262. The third kappa shape index (κ3) is 3.02. The van der Waals surface area contributed by atoms with Gasteiger partial charge in [0.05, 0.1) is 11.8 Å². The molecule has 7 heteroatoms. The van der Waals surface area contributed by atoms with Crippen LogP contribution in [0.2, 0.25) is 0 Å². The van der Waals surface area contributed by atoms with Gasteiger partial charge in [0.15, 0.2) is 5.69 Å². The van der Waals surface area contributed by atoms with Crippen molar-refractivity contribution in [2.45, 2.75) is 44.8 Å². The first-order valence-electron chi connectivity index (χ1n) is 9.24. The van der Waals surface area contributed by atoms with Crippen molar-refractivity contribution in [3.05, 3.63) is 46.8 Å². The average Bonchev–Trinajstić information content (AvgIpc) is 3.36. The predicted octanol–water partition coefficient (Wildman–Crippen LogP) is 1.98. The quantitative estimate of drug-likeness (QED) is 0.891. The number of carboxylic acids is 1. The summed E-state index contributed by atoms with van der Waals surface area (Å²) in [5.74, 6) is -1.32. The Morgan fingerprint density at radius 1 is 1.22 bits per heavy atom. The molecule has 1 saturated heterocycles. The van der Waals surface area contributed by atoms with Gasteiger partial charge >= 0.3 is 5.97 Å². The molecular formula is C20H23N3O4. The van der Waals surface area contributed by atoms with Gasteiger partial charge in [0, 0.05) is 31.3 Å².